The second-order valence-corrected chi connectivity index (χ2v) is 4.47. The summed E-state index contributed by atoms with van der Waals surface area (Å²) in [5.74, 6) is -1.40. The Balaban J connectivity index is 2.30. The SMILES string of the molecule is CC(O)(Cc1cccnc1)c1cc(F)cc(F)c1. The average molecular weight is 249 g/mol. The number of aromatic nitrogens is 1. The zero-order valence-corrected chi connectivity index (χ0v) is 9.90. The van der Waals surface area contributed by atoms with Gasteiger partial charge in [-0.05, 0) is 36.2 Å². The lowest BCUT2D eigenvalue weighted by atomic mass is 9.89. The molecule has 2 rings (SSSR count). The summed E-state index contributed by atoms with van der Waals surface area (Å²) in [4.78, 5) is 3.94. The fourth-order valence-electron chi connectivity index (χ4n) is 1.87. The monoisotopic (exact) mass is 249 g/mol. The van der Waals surface area contributed by atoms with Gasteiger partial charge in [-0.1, -0.05) is 6.07 Å². The molecule has 2 nitrogen and oxygen atoms in total. The van der Waals surface area contributed by atoms with Crippen LogP contribution < -0.4 is 0 Å². The highest BCUT2D eigenvalue weighted by Gasteiger charge is 2.25. The summed E-state index contributed by atoms with van der Waals surface area (Å²) >= 11 is 0. The first-order chi connectivity index (χ1) is 8.47. The van der Waals surface area contributed by atoms with Gasteiger partial charge in [0, 0.05) is 24.9 Å². The molecular weight excluding hydrogens is 236 g/mol. The normalized spacial score (nSPS) is 14.2. The standard InChI is InChI=1S/C14H13F2NO/c1-14(18,8-10-3-2-4-17-9-10)11-5-12(15)7-13(16)6-11/h2-7,9,18H,8H2,1H3. The minimum atomic E-state index is -1.34. The van der Waals surface area contributed by atoms with Gasteiger partial charge in [-0.2, -0.15) is 0 Å². The molecule has 0 aliphatic heterocycles. The van der Waals surface area contributed by atoms with Crippen molar-refractivity contribution in [2.45, 2.75) is 18.9 Å². The molecule has 2 aromatic rings. The molecule has 0 amide bonds. The number of pyridine rings is 1. The summed E-state index contributed by atoms with van der Waals surface area (Å²) < 4.78 is 26.3. The van der Waals surface area contributed by atoms with Crippen LogP contribution in [0.4, 0.5) is 8.78 Å². The number of hydrogen-bond acceptors (Lipinski definition) is 2. The van der Waals surface area contributed by atoms with E-state index < -0.39 is 17.2 Å². The van der Waals surface area contributed by atoms with E-state index in [1.54, 1.807) is 24.5 Å². The van der Waals surface area contributed by atoms with Crippen molar-refractivity contribution in [2.75, 3.05) is 0 Å². The summed E-state index contributed by atoms with van der Waals surface area (Å²) in [6.45, 7) is 1.52. The number of halogens is 2. The number of aliphatic hydroxyl groups is 1. The smallest absolute Gasteiger partial charge is 0.126 e. The van der Waals surface area contributed by atoms with E-state index in [0.29, 0.717) is 0 Å². The Morgan fingerprint density at radius 3 is 2.44 bits per heavy atom. The van der Waals surface area contributed by atoms with E-state index >= 15 is 0 Å². The second kappa shape index (κ2) is 4.82. The van der Waals surface area contributed by atoms with E-state index in [4.69, 9.17) is 0 Å². The van der Waals surface area contributed by atoms with Crippen molar-refractivity contribution in [3.63, 3.8) is 0 Å². The van der Waals surface area contributed by atoms with Crippen LogP contribution in [0.5, 0.6) is 0 Å². The lowest BCUT2D eigenvalue weighted by Gasteiger charge is -2.24. The number of rotatable bonds is 3. The lowest BCUT2D eigenvalue weighted by molar-refractivity contribution is 0.0568. The Morgan fingerprint density at radius 2 is 1.89 bits per heavy atom. The third-order valence-corrected chi connectivity index (χ3v) is 2.76. The Hall–Kier alpha value is -1.81. The van der Waals surface area contributed by atoms with Crippen molar-refractivity contribution in [2.24, 2.45) is 0 Å². The highest BCUT2D eigenvalue weighted by molar-refractivity contribution is 5.26. The van der Waals surface area contributed by atoms with Gasteiger partial charge in [-0.3, -0.25) is 4.98 Å². The van der Waals surface area contributed by atoms with Crippen LogP contribution in [-0.4, -0.2) is 10.1 Å². The molecule has 0 fully saturated rings. The minimum Gasteiger partial charge on any atom is -0.385 e. The molecule has 0 saturated heterocycles. The summed E-state index contributed by atoms with van der Waals surface area (Å²) in [6.07, 6.45) is 3.48. The van der Waals surface area contributed by atoms with Crippen LogP contribution in [0.2, 0.25) is 0 Å². The van der Waals surface area contributed by atoms with Crippen LogP contribution in [0.15, 0.2) is 42.7 Å². The highest BCUT2D eigenvalue weighted by Crippen LogP contribution is 2.26. The molecule has 4 heteroatoms. The third kappa shape index (κ3) is 2.90. The minimum absolute atomic E-state index is 0.212. The molecule has 1 atom stereocenters. The quantitative estimate of drug-likeness (QED) is 0.907. The zero-order chi connectivity index (χ0) is 13.2. The summed E-state index contributed by atoms with van der Waals surface area (Å²) in [5, 5.41) is 10.3. The van der Waals surface area contributed by atoms with Gasteiger partial charge in [0.15, 0.2) is 0 Å². The topological polar surface area (TPSA) is 33.1 Å². The van der Waals surface area contributed by atoms with Crippen LogP contribution in [0.3, 0.4) is 0 Å². The van der Waals surface area contributed by atoms with Crippen LogP contribution in [-0.2, 0) is 12.0 Å². The van der Waals surface area contributed by atoms with Gasteiger partial charge in [0.1, 0.15) is 11.6 Å². The fraction of sp³-hybridized carbons (Fsp3) is 0.214. The van der Waals surface area contributed by atoms with E-state index in [2.05, 4.69) is 4.98 Å². The van der Waals surface area contributed by atoms with Gasteiger partial charge in [0.25, 0.3) is 0 Å². The van der Waals surface area contributed by atoms with E-state index in [1.807, 2.05) is 0 Å². The zero-order valence-electron chi connectivity index (χ0n) is 9.90. The van der Waals surface area contributed by atoms with Crippen molar-refractivity contribution in [1.82, 2.24) is 4.98 Å². The van der Waals surface area contributed by atoms with Gasteiger partial charge < -0.3 is 5.11 Å². The van der Waals surface area contributed by atoms with Crippen molar-refractivity contribution >= 4 is 0 Å². The Morgan fingerprint density at radius 1 is 1.22 bits per heavy atom. The maximum Gasteiger partial charge on any atom is 0.126 e. The predicted octanol–water partition coefficient (Wildman–Crippen LogP) is 2.81. The molecule has 0 saturated carbocycles. The van der Waals surface area contributed by atoms with E-state index in [1.165, 1.54) is 6.92 Å². The average Bonchev–Trinajstić information content (AvgIpc) is 2.28. The maximum atomic E-state index is 13.1. The summed E-state index contributed by atoms with van der Waals surface area (Å²) in [5.41, 5.74) is -0.331. The molecular formula is C14H13F2NO. The first kappa shape index (κ1) is 12.6. The Kier molecular flexibility index (Phi) is 3.39. The molecule has 1 N–H and O–H groups in total. The first-order valence-corrected chi connectivity index (χ1v) is 5.55. The van der Waals surface area contributed by atoms with Crippen molar-refractivity contribution in [1.29, 1.82) is 0 Å². The highest BCUT2D eigenvalue weighted by atomic mass is 19.1. The molecule has 94 valence electrons. The van der Waals surface area contributed by atoms with Crippen LogP contribution in [0, 0.1) is 11.6 Å². The van der Waals surface area contributed by atoms with Gasteiger partial charge in [-0.15, -0.1) is 0 Å². The molecule has 0 radical (unpaired) electrons. The number of nitrogens with zero attached hydrogens (tertiary/aromatic N) is 1. The predicted molar refractivity (Wildman–Crippen MR) is 63.9 cm³/mol. The summed E-state index contributed by atoms with van der Waals surface area (Å²) in [7, 11) is 0. The molecule has 0 spiro atoms. The third-order valence-electron chi connectivity index (χ3n) is 2.76. The number of benzene rings is 1. The molecule has 1 aromatic carbocycles. The molecule has 1 aromatic heterocycles. The molecule has 0 bridgehead atoms. The number of hydrogen-bond donors (Lipinski definition) is 1. The second-order valence-electron chi connectivity index (χ2n) is 4.47. The molecule has 0 aliphatic carbocycles. The molecule has 1 heterocycles. The Bertz CT molecular complexity index is 520. The van der Waals surface area contributed by atoms with Crippen molar-refractivity contribution in [3.8, 4) is 0 Å². The van der Waals surface area contributed by atoms with Crippen LogP contribution >= 0.6 is 0 Å². The van der Waals surface area contributed by atoms with Crippen LogP contribution in [0.1, 0.15) is 18.1 Å². The molecule has 0 aliphatic rings. The van der Waals surface area contributed by atoms with Crippen molar-refractivity contribution < 1.29 is 13.9 Å². The van der Waals surface area contributed by atoms with E-state index in [-0.39, 0.29) is 12.0 Å². The van der Waals surface area contributed by atoms with Gasteiger partial charge in [0.2, 0.25) is 0 Å². The van der Waals surface area contributed by atoms with Gasteiger partial charge in [0.05, 0.1) is 5.60 Å². The van der Waals surface area contributed by atoms with E-state index in [9.17, 15) is 13.9 Å². The van der Waals surface area contributed by atoms with Crippen molar-refractivity contribution in [3.05, 3.63) is 65.5 Å². The molecule has 1 unspecified atom stereocenters. The largest absolute Gasteiger partial charge is 0.385 e. The summed E-state index contributed by atoms with van der Waals surface area (Å²) in [6, 6.07) is 6.61. The fourth-order valence-corrected chi connectivity index (χ4v) is 1.87. The van der Waals surface area contributed by atoms with Gasteiger partial charge >= 0.3 is 0 Å². The van der Waals surface area contributed by atoms with Crippen LogP contribution in [0.25, 0.3) is 0 Å². The molecule has 18 heavy (non-hydrogen) atoms. The lowest BCUT2D eigenvalue weighted by Crippen LogP contribution is -2.24. The Labute approximate surface area is 104 Å². The first-order valence-electron chi connectivity index (χ1n) is 5.55. The maximum absolute atomic E-state index is 13.1. The van der Waals surface area contributed by atoms with Gasteiger partial charge in [-0.25, -0.2) is 8.78 Å². The van der Waals surface area contributed by atoms with E-state index in [0.717, 1.165) is 23.8 Å².